The van der Waals surface area contributed by atoms with Crippen LogP contribution in [0.25, 0.3) is 0 Å². The number of nitrogens with zero attached hydrogens (tertiary/aromatic N) is 2. The van der Waals surface area contributed by atoms with E-state index in [0.29, 0.717) is 29.0 Å². The highest BCUT2D eigenvalue weighted by Crippen LogP contribution is 2.44. The molecule has 0 saturated heterocycles. The van der Waals surface area contributed by atoms with E-state index in [1.165, 1.54) is 31.4 Å². The third-order valence-electron chi connectivity index (χ3n) is 8.09. The Kier molecular flexibility index (Phi) is 7.85. The summed E-state index contributed by atoms with van der Waals surface area (Å²) in [5, 5.41) is 0.664. The first-order valence-corrected chi connectivity index (χ1v) is 14.0. The SMILES string of the molecule is CC[C@@H](C)Oc1cc2c(cc1OC)CC(=O)N(c1ccc(N(C)C3CCCC3)cc1)C2c1ccc(Cl)cc1. The van der Waals surface area contributed by atoms with E-state index >= 15 is 0 Å². The van der Waals surface area contributed by atoms with E-state index in [4.69, 9.17) is 21.1 Å². The molecule has 1 heterocycles. The van der Waals surface area contributed by atoms with Crippen LogP contribution in [0.4, 0.5) is 11.4 Å². The van der Waals surface area contributed by atoms with Crippen molar-refractivity contribution in [3.05, 3.63) is 82.4 Å². The van der Waals surface area contributed by atoms with Gasteiger partial charge in [0.2, 0.25) is 5.91 Å². The number of amides is 1. The van der Waals surface area contributed by atoms with E-state index in [1.807, 2.05) is 35.2 Å². The number of hydrogen-bond donors (Lipinski definition) is 0. The lowest BCUT2D eigenvalue weighted by atomic mass is 9.86. The number of halogens is 1. The second-order valence-corrected chi connectivity index (χ2v) is 10.9. The normalized spacial score (nSPS) is 18.3. The number of rotatable bonds is 8. The molecule has 5 nitrogen and oxygen atoms in total. The Morgan fingerprint density at radius 1 is 1.03 bits per heavy atom. The molecule has 200 valence electrons. The van der Waals surface area contributed by atoms with Crippen LogP contribution in [0.15, 0.2) is 60.7 Å². The molecule has 1 unspecified atom stereocenters. The fraction of sp³-hybridized carbons (Fsp3) is 0.406. The number of hydrogen-bond acceptors (Lipinski definition) is 4. The molecule has 6 heteroatoms. The minimum absolute atomic E-state index is 0.0432. The Morgan fingerprint density at radius 2 is 1.71 bits per heavy atom. The molecule has 5 rings (SSSR count). The van der Waals surface area contributed by atoms with Crippen LogP contribution in [-0.2, 0) is 11.2 Å². The summed E-state index contributed by atoms with van der Waals surface area (Å²) in [6.07, 6.45) is 6.29. The molecule has 0 N–H and O–H groups in total. The second-order valence-electron chi connectivity index (χ2n) is 10.5. The van der Waals surface area contributed by atoms with E-state index in [9.17, 15) is 4.79 Å². The van der Waals surface area contributed by atoms with Gasteiger partial charge in [0.25, 0.3) is 0 Å². The van der Waals surface area contributed by atoms with Gasteiger partial charge in [-0.3, -0.25) is 4.79 Å². The van der Waals surface area contributed by atoms with Crippen molar-refractivity contribution in [1.82, 2.24) is 0 Å². The highest BCUT2D eigenvalue weighted by molar-refractivity contribution is 6.30. The quantitative estimate of drug-likeness (QED) is 0.300. The predicted octanol–water partition coefficient (Wildman–Crippen LogP) is 7.58. The number of anilines is 2. The van der Waals surface area contributed by atoms with Crippen LogP contribution in [0.2, 0.25) is 5.02 Å². The van der Waals surface area contributed by atoms with Gasteiger partial charge in [0.15, 0.2) is 11.5 Å². The van der Waals surface area contributed by atoms with Crippen molar-refractivity contribution in [2.45, 2.75) is 70.6 Å². The lowest BCUT2D eigenvalue weighted by Crippen LogP contribution is -2.41. The molecule has 3 aromatic carbocycles. The lowest BCUT2D eigenvalue weighted by molar-refractivity contribution is -0.118. The monoisotopic (exact) mass is 532 g/mol. The molecular formula is C32H37ClN2O3. The number of carbonyl (C=O) groups is 1. The average molecular weight is 533 g/mol. The standard InChI is InChI=1S/C32H37ClN2O3/c1-5-21(2)38-30-20-28-23(18-29(30)37-4)19-31(36)35(32(28)22-10-12-24(33)13-11-22)27-16-14-26(15-17-27)34(3)25-8-6-7-9-25/h10-18,20-21,25,32H,5-9,19H2,1-4H3/t21-,32?/m1/s1. The van der Waals surface area contributed by atoms with Gasteiger partial charge in [-0.1, -0.05) is 43.5 Å². The molecule has 1 aliphatic heterocycles. The number of fused-ring (bicyclic) bond motifs is 1. The maximum atomic E-state index is 13.8. The zero-order valence-corrected chi connectivity index (χ0v) is 23.5. The zero-order valence-electron chi connectivity index (χ0n) is 22.7. The molecular weight excluding hydrogens is 496 g/mol. The van der Waals surface area contributed by atoms with Crippen molar-refractivity contribution in [2.24, 2.45) is 0 Å². The van der Waals surface area contributed by atoms with Crippen LogP contribution in [0.1, 0.15) is 68.7 Å². The Hall–Kier alpha value is -3.18. The molecule has 1 saturated carbocycles. The molecule has 2 atom stereocenters. The Bertz CT molecular complexity index is 1270. The molecule has 1 amide bonds. The largest absolute Gasteiger partial charge is 0.493 e. The molecule has 0 radical (unpaired) electrons. The van der Waals surface area contributed by atoms with Crippen LogP contribution in [0.5, 0.6) is 11.5 Å². The number of methoxy groups -OCH3 is 1. The van der Waals surface area contributed by atoms with Crippen molar-refractivity contribution >= 4 is 28.9 Å². The molecule has 0 bridgehead atoms. The van der Waals surface area contributed by atoms with Crippen LogP contribution in [-0.4, -0.2) is 32.2 Å². The maximum Gasteiger partial charge on any atom is 0.232 e. The van der Waals surface area contributed by atoms with Gasteiger partial charge in [-0.2, -0.15) is 0 Å². The minimum Gasteiger partial charge on any atom is -0.493 e. The molecule has 0 spiro atoms. The Morgan fingerprint density at radius 3 is 2.34 bits per heavy atom. The van der Waals surface area contributed by atoms with Gasteiger partial charge in [-0.05, 0) is 91.4 Å². The van der Waals surface area contributed by atoms with E-state index in [2.05, 4.69) is 56.1 Å². The summed E-state index contributed by atoms with van der Waals surface area (Å²) in [5.41, 5.74) is 5.05. The smallest absolute Gasteiger partial charge is 0.232 e. The Balaban J connectivity index is 1.58. The average Bonchev–Trinajstić information content (AvgIpc) is 3.47. The maximum absolute atomic E-state index is 13.8. The number of carbonyl (C=O) groups excluding carboxylic acids is 1. The summed E-state index contributed by atoms with van der Waals surface area (Å²) in [4.78, 5) is 18.1. The van der Waals surface area contributed by atoms with Gasteiger partial charge in [0.1, 0.15) is 0 Å². The predicted molar refractivity (Wildman–Crippen MR) is 155 cm³/mol. The third-order valence-corrected chi connectivity index (χ3v) is 8.34. The fourth-order valence-corrected chi connectivity index (χ4v) is 5.85. The van der Waals surface area contributed by atoms with Crippen molar-refractivity contribution in [2.75, 3.05) is 24.0 Å². The van der Waals surface area contributed by atoms with Crippen LogP contribution < -0.4 is 19.3 Å². The van der Waals surface area contributed by atoms with Gasteiger partial charge in [0.05, 0.1) is 25.7 Å². The van der Waals surface area contributed by atoms with E-state index < -0.39 is 0 Å². The van der Waals surface area contributed by atoms with Crippen molar-refractivity contribution < 1.29 is 14.3 Å². The summed E-state index contributed by atoms with van der Waals surface area (Å²) in [6.45, 7) is 4.15. The van der Waals surface area contributed by atoms with Gasteiger partial charge in [-0.25, -0.2) is 0 Å². The first kappa shape index (κ1) is 26.4. The van der Waals surface area contributed by atoms with E-state index in [1.54, 1.807) is 7.11 Å². The minimum atomic E-state index is -0.313. The first-order chi connectivity index (χ1) is 18.4. The molecule has 0 aromatic heterocycles. The summed E-state index contributed by atoms with van der Waals surface area (Å²) < 4.78 is 11.9. The van der Waals surface area contributed by atoms with Crippen LogP contribution >= 0.6 is 11.6 Å². The summed E-state index contributed by atoms with van der Waals surface area (Å²) in [7, 11) is 3.82. The fourth-order valence-electron chi connectivity index (χ4n) is 5.73. The topological polar surface area (TPSA) is 42.0 Å². The summed E-state index contributed by atoms with van der Waals surface area (Å²) in [6, 6.07) is 20.5. The molecule has 1 fully saturated rings. The molecule has 1 aliphatic carbocycles. The zero-order chi connectivity index (χ0) is 26.8. The van der Waals surface area contributed by atoms with Crippen molar-refractivity contribution in [3.8, 4) is 11.5 Å². The molecule has 3 aromatic rings. The molecule has 2 aliphatic rings. The second kappa shape index (κ2) is 11.3. The van der Waals surface area contributed by atoms with Crippen molar-refractivity contribution in [1.29, 1.82) is 0 Å². The molecule has 38 heavy (non-hydrogen) atoms. The van der Waals surface area contributed by atoms with Crippen LogP contribution in [0.3, 0.4) is 0 Å². The first-order valence-electron chi connectivity index (χ1n) is 13.7. The van der Waals surface area contributed by atoms with Gasteiger partial charge < -0.3 is 19.3 Å². The van der Waals surface area contributed by atoms with Gasteiger partial charge in [-0.15, -0.1) is 0 Å². The third kappa shape index (κ3) is 5.22. The van der Waals surface area contributed by atoms with Gasteiger partial charge >= 0.3 is 0 Å². The highest BCUT2D eigenvalue weighted by Gasteiger charge is 2.36. The van der Waals surface area contributed by atoms with E-state index in [-0.39, 0.29) is 18.1 Å². The van der Waals surface area contributed by atoms with E-state index in [0.717, 1.165) is 28.8 Å². The Labute approximate surface area is 231 Å². The van der Waals surface area contributed by atoms with Crippen LogP contribution in [0, 0.1) is 0 Å². The number of ether oxygens (including phenoxy) is 2. The highest BCUT2D eigenvalue weighted by atomic mass is 35.5. The number of benzene rings is 3. The summed E-state index contributed by atoms with van der Waals surface area (Å²) >= 11 is 6.25. The lowest BCUT2D eigenvalue weighted by Gasteiger charge is -2.38. The van der Waals surface area contributed by atoms with Crippen molar-refractivity contribution in [3.63, 3.8) is 0 Å². The van der Waals surface area contributed by atoms with Gasteiger partial charge in [0, 0.05) is 29.5 Å². The summed E-state index contributed by atoms with van der Waals surface area (Å²) in [5.74, 6) is 1.40.